The molecule has 0 atom stereocenters. The van der Waals surface area contributed by atoms with Gasteiger partial charge < -0.3 is 10.0 Å². The van der Waals surface area contributed by atoms with Gasteiger partial charge in [0.1, 0.15) is 0 Å². The number of aromatic carboxylic acids is 1. The van der Waals surface area contributed by atoms with Crippen LogP contribution in [0.15, 0.2) is 48.8 Å². The zero-order chi connectivity index (χ0) is 14.5. The van der Waals surface area contributed by atoms with Gasteiger partial charge >= 0.3 is 5.97 Å². The third-order valence-corrected chi connectivity index (χ3v) is 2.90. The average molecular weight is 270 g/mol. The van der Waals surface area contributed by atoms with Crippen molar-refractivity contribution in [2.75, 3.05) is 7.05 Å². The lowest BCUT2D eigenvalue weighted by molar-refractivity contribution is 0.0680. The van der Waals surface area contributed by atoms with Gasteiger partial charge in [0.05, 0.1) is 11.1 Å². The summed E-state index contributed by atoms with van der Waals surface area (Å²) in [5.41, 5.74) is 1.14. The lowest BCUT2D eigenvalue weighted by Crippen LogP contribution is -2.27. The van der Waals surface area contributed by atoms with E-state index in [0.717, 1.165) is 5.56 Å². The molecule has 0 aliphatic carbocycles. The summed E-state index contributed by atoms with van der Waals surface area (Å²) in [4.78, 5) is 28.8. The molecule has 0 radical (unpaired) electrons. The van der Waals surface area contributed by atoms with Crippen LogP contribution in [0.25, 0.3) is 0 Å². The number of rotatable bonds is 4. The topological polar surface area (TPSA) is 70.5 Å². The van der Waals surface area contributed by atoms with Crippen LogP contribution in [0.2, 0.25) is 0 Å². The Morgan fingerprint density at radius 3 is 2.30 bits per heavy atom. The van der Waals surface area contributed by atoms with Crippen molar-refractivity contribution in [3.05, 3.63) is 65.5 Å². The van der Waals surface area contributed by atoms with Crippen LogP contribution in [0.1, 0.15) is 26.3 Å². The quantitative estimate of drug-likeness (QED) is 0.923. The molecule has 2 aromatic rings. The number of aromatic nitrogens is 1. The molecule has 0 aliphatic heterocycles. The van der Waals surface area contributed by atoms with E-state index in [2.05, 4.69) is 4.98 Å². The van der Waals surface area contributed by atoms with Gasteiger partial charge in [-0.2, -0.15) is 0 Å². The maximum Gasteiger partial charge on any atom is 0.336 e. The normalized spacial score (nSPS) is 10.1. The molecule has 5 nitrogen and oxygen atoms in total. The molecule has 102 valence electrons. The molecule has 1 aromatic carbocycles. The fourth-order valence-electron chi connectivity index (χ4n) is 1.90. The molecule has 5 heteroatoms. The fraction of sp³-hybridized carbons (Fsp3) is 0.133. The number of carbonyl (C=O) groups excluding carboxylic acids is 1. The van der Waals surface area contributed by atoms with Gasteiger partial charge in [-0.1, -0.05) is 12.1 Å². The maximum atomic E-state index is 12.3. The molecule has 1 heterocycles. The summed E-state index contributed by atoms with van der Waals surface area (Å²) < 4.78 is 0. The summed E-state index contributed by atoms with van der Waals surface area (Å²) in [7, 11) is 1.64. The second kappa shape index (κ2) is 5.97. The van der Waals surface area contributed by atoms with Gasteiger partial charge in [-0.15, -0.1) is 0 Å². The van der Waals surface area contributed by atoms with Crippen LogP contribution in [0.4, 0.5) is 0 Å². The van der Waals surface area contributed by atoms with Gasteiger partial charge in [-0.3, -0.25) is 9.78 Å². The molecule has 1 aromatic heterocycles. The second-order valence-corrected chi connectivity index (χ2v) is 4.37. The van der Waals surface area contributed by atoms with Crippen molar-refractivity contribution in [1.82, 2.24) is 9.88 Å². The summed E-state index contributed by atoms with van der Waals surface area (Å²) >= 11 is 0. The van der Waals surface area contributed by atoms with E-state index >= 15 is 0 Å². The van der Waals surface area contributed by atoms with Crippen LogP contribution in [0.5, 0.6) is 0 Å². The number of hydrogen-bond acceptors (Lipinski definition) is 3. The van der Waals surface area contributed by atoms with E-state index in [1.165, 1.54) is 17.0 Å². The molecular weight excluding hydrogens is 256 g/mol. The molecule has 0 aliphatic rings. The Morgan fingerprint density at radius 2 is 1.70 bits per heavy atom. The first kappa shape index (κ1) is 13.7. The number of pyridine rings is 1. The van der Waals surface area contributed by atoms with Gasteiger partial charge in [-0.25, -0.2) is 4.79 Å². The molecule has 0 bridgehead atoms. The van der Waals surface area contributed by atoms with Gasteiger partial charge in [-0.05, 0) is 29.8 Å². The number of amides is 1. The first-order valence-corrected chi connectivity index (χ1v) is 6.06. The van der Waals surface area contributed by atoms with Gasteiger partial charge in [0.25, 0.3) is 5.91 Å². The highest BCUT2D eigenvalue weighted by Crippen LogP contribution is 2.13. The van der Waals surface area contributed by atoms with E-state index in [0.29, 0.717) is 6.54 Å². The van der Waals surface area contributed by atoms with E-state index in [-0.39, 0.29) is 17.0 Å². The highest BCUT2D eigenvalue weighted by Gasteiger charge is 2.18. The Kier molecular flexibility index (Phi) is 4.10. The van der Waals surface area contributed by atoms with Crippen molar-refractivity contribution in [1.29, 1.82) is 0 Å². The standard InChI is InChI=1S/C15H14N2O3/c1-17(10-11-6-8-16-9-7-11)14(18)12-4-2-3-5-13(12)15(19)20/h2-9H,10H2,1H3,(H,19,20). The summed E-state index contributed by atoms with van der Waals surface area (Å²) in [5.74, 6) is -1.42. The molecule has 0 saturated carbocycles. The largest absolute Gasteiger partial charge is 0.478 e. The summed E-state index contributed by atoms with van der Waals surface area (Å²) in [6, 6.07) is 9.83. The van der Waals surface area contributed by atoms with Gasteiger partial charge in [0.2, 0.25) is 0 Å². The lowest BCUT2D eigenvalue weighted by atomic mass is 10.1. The Labute approximate surface area is 116 Å². The maximum absolute atomic E-state index is 12.3. The number of nitrogens with zero attached hydrogens (tertiary/aromatic N) is 2. The third-order valence-electron chi connectivity index (χ3n) is 2.90. The summed E-state index contributed by atoms with van der Waals surface area (Å²) in [6.07, 6.45) is 3.30. The van der Waals surface area contributed by atoms with E-state index in [1.807, 2.05) is 12.1 Å². The third kappa shape index (κ3) is 3.00. The van der Waals surface area contributed by atoms with Crippen LogP contribution in [-0.2, 0) is 6.54 Å². The number of carboxylic acid groups (broad SMARTS) is 1. The highest BCUT2D eigenvalue weighted by atomic mass is 16.4. The van der Waals surface area contributed by atoms with Crippen molar-refractivity contribution in [2.45, 2.75) is 6.54 Å². The number of carboxylic acids is 1. The molecule has 0 saturated heterocycles. The molecule has 1 amide bonds. The van der Waals surface area contributed by atoms with Gasteiger partial charge in [0, 0.05) is 26.0 Å². The number of carbonyl (C=O) groups is 2. The zero-order valence-electron chi connectivity index (χ0n) is 11.0. The highest BCUT2D eigenvalue weighted by molar-refractivity contribution is 6.04. The Hall–Kier alpha value is -2.69. The fourth-order valence-corrected chi connectivity index (χ4v) is 1.90. The monoisotopic (exact) mass is 270 g/mol. The second-order valence-electron chi connectivity index (χ2n) is 4.37. The van der Waals surface area contributed by atoms with Crippen LogP contribution < -0.4 is 0 Å². The molecule has 0 fully saturated rings. The average Bonchev–Trinajstić information content (AvgIpc) is 2.47. The van der Waals surface area contributed by atoms with Crippen LogP contribution >= 0.6 is 0 Å². The van der Waals surface area contributed by atoms with E-state index in [4.69, 9.17) is 5.11 Å². The smallest absolute Gasteiger partial charge is 0.336 e. The molecule has 1 N–H and O–H groups in total. The molecule has 20 heavy (non-hydrogen) atoms. The van der Waals surface area contributed by atoms with E-state index < -0.39 is 5.97 Å². The van der Waals surface area contributed by atoms with Gasteiger partial charge in [0.15, 0.2) is 0 Å². The minimum absolute atomic E-state index is 0.0130. The molecule has 0 spiro atoms. The zero-order valence-corrected chi connectivity index (χ0v) is 11.0. The Morgan fingerprint density at radius 1 is 1.10 bits per heavy atom. The van der Waals surface area contributed by atoms with Crippen molar-refractivity contribution in [2.24, 2.45) is 0 Å². The molecular formula is C15H14N2O3. The van der Waals surface area contributed by atoms with Crippen LogP contribution in [-0.4, -0.2) is 33.9 Å². The minimum Gasteiger partial charge on any atom is -0.478 e. The van der Waals surface area contributed by atoms with Crippen molar-refractivity contribution < 1.29 is 14.7 Å². The molecule has 0 unspecified atom stereocenters. The first-order valence-electron chi connectivity index (χ1n) is 6.06. The summed E-state index contributed by atoms with van der Waals surface area (Å²) in [5, 5.41) is 9.11. The predicted molar refractivity (Wildman–Crippen MR) is 73.4 cm³/mol. The lowest BCUT2D eigenvalue weighted by Gasteiger charge is -2.18. The predicted octanol–water partition coefficient (Wildman–Crippen LogP) is 2.05. The number of benzene rings is 1. The minimum atomic E-state index is -1.11. The Balaban J connectivity index is 2.21. The Bertz CT molecular complexity index is 626. The first-order chi connectivity index (χ1) is 9.59. The van der Waals surface area contributed by atoms with Crippen molar-refractivity contribution in [3.8, 4) is 0 Å². The SMILES string of the molecule is CN(Cc1ccncc1)C(=O)c1ccccc1C(=O)O. The molecule has 2 rings (SSSR count). The van der Waals surface area contributed by atoms with Crippen LogP contribution in [0.3, 0.4) is 0 Å². The summed E-state index contributed by atoms with van der Waals surface area (Å²) in [6.45, 7) is 0.398. The van der Waals surface area contributed by atoms with Crippen molar-refractivity contribution >= 4 is 11.9 Å². The van der Waals surface area contributed by atoms with E-state index in [9.17, 15) is 9.59 Å². The number of hydrogen-bond donors (Lipinski definition) is 1. The van der Waals surface area contributed by atoms with E-state index in [1.54, 1.807) is 31.6 Å². The van der Waals surface area contributed by atoms with Crippen LogP contribution in [0, 0.1) is 0 Å². The van der Waals surface area contributed by atoms with Crippen molar-refractivity contribution in [3.63, 3.8) is 0 Å².